The van der Waals surface area contributed by atoms with Crippen molar-refractivity contribution < 1.29 is 14.3 Å². The maximum Gasteiger partial charge on any atom is 0.325 e. The van der Waals surface area contributed by atoms with Gasteiger partial charge >= 0.3 is 5.97 Å². The Kier molecular flexibility index (Phi) is 7.71. The Morgan fingerprint density at radius 2 is 1.87 bits per heavy atom. The van der Waals surface area contributed by atoms with Crippen molar-refractivity contribution in [3.63, 3.8) is 0 Å². The zero-order valence-corrected chi connectivity index (χ0v) is 23.8. The SMILES string of the molecule is CCOC(=O)Cn1cc(C=Nc2sc3c(c2C(=O)Nc2ccccc2)CC[C@@H](C(C)(C)C)C3)c2ccccc21. The van der Waals surface area contributed by atoms with E-state index in [-0.39, 0.29) is 23.8 Å². The molecule has 5 rings (SSSR count). The molecule has 0 aliphatic heterocycles. The Morgan fingerprint density at radius 3 is 2.62 bits per heavy atom. The lowest BCUT2D eigenvalue weighted by Gasteiger charge is -2.33. The van der Waals surface area contributed by atoms with Gasteiger partial charge in [-0.3, -0.25) is 9.59 Å². The monoisotopic (exact) mass is 541 g/mol. The third kappa shape index (κ3) is 5.83. The second-order valence-corrected chi connectivity index (χ2v) is 12.2. The van der Waals surface area contributed by atoms with Crippen molar-refractivity contribution in [3.8, 4) is 0 Å². The minimum absolute atomic E-state index is 0.121. The third-order valence-corrected chi connectivity index (χ3v) is 8.64. The predicted molar refractivity (Wildman–Crippen MR) is 160 cm³/mol. The summed E-state index contributed by atoms with van der Waals surface area (Å²) in [5, 5.41) is 4.80. The van der Waals surface area contributed by atoms with Crippen LogP contribution in [0.15, 0.2) is 65.8 Å². The highest BCUT2D eigenvalue weighted by molar-refractivity contribution is 7.16. The topological polar surface area (TPSA) is 72.7 Å². The van der Waals surface area contributed by atoms with Gasteiger partial charge in [-0.25, -0.2) is 4.99 Å². The highest BCUT2D eigenvalue weighted by Gasteiger charge is 2.33. The Hall–Kier alpha value is -3.71. The highest BCUT2D eigenvalue weighted by atomic mass is 32.1. The van der Waals surface area contributed by atoms with Crippen molar-refractivity contribution in [2.24, 2.45) is 16.3 Å². The first kappa shape index (κ1) is 26.9. The number of thiophene rings is 1. The van der Waals surface area contributed by atoms with Gasteiger partial charge in [0.05, 0.1) is 12.2 Å². The number of carbonyl (C=O) groups excluding carboxylic acids is 2. The smallest absolute Gasteiger partial charge is 0.325 e. The van der Waals surface area contributed by atoms with Gasteiger partial charge in [-0.05, 0) is 61.3 Å². The van der Waals surface area contributed by atoms with E-state index in [9.17, 15) is 9.59 Å². The zero-order chi connectivity index (χ0) is 27.6. The molecule has 1 amide bonds. The van der Waals surface area contributed by atoms with Crippen LogP contribution in [0.3, 0.4) is 0 Å². The van der Waals surface area contributed by atoms with Gasteiger partial charge in [-0.1, -0.05) is 57.2 Å². The number of rotatable bonds is 7. The summed E-state index contributed by atoms with van der Waals surface area (Å²) in [6, 6.07) is 17.5. The van der Waals surface area contributed by atoms with E-state index in [0.717, 1.165) is 52.0 Å². The number of benzene rings is 2. The van der Waals surface area contributed by atoms with E-state index in [2.05, 4.69) is 26.1 Å². The van der Waals surface area contributed by atoms with Gasteiger partial charge in [0, 0.05) is 39.4 Å². The number of hydrogen-bond acceptors (Lipinski definition) is 5. The van der Waals surface area contributed by atoms with Crippen LogP contribution < -0.4 is 5.32 Å². The van der Waals surface area contributed by atoms with Crippen LogP contribution in [0.2, 0.25) is 0 Å². The van der Waals surface area contributed by atoms with E-state index in [1.807, 2.05) is 71.6 Å². The molecule has 202 valence electrons. The molecule has 0 radical (unpaired) electrons. The molecule has 6 nitrogen and oxygen atoms in total. The van der Waals surface area contributed by atoms with Crippen LogP contribution in [0, 0.1) is 11.3 Å². The summed E-state index contributed by atoms with van der Waals surface area (Å²) in [4.78, 5) is 32.0. The van der Waals surface area contributed by atoms with E-state index in [0.29, 0.717) is 18.1 Å². The molecule has 0 fully saturated rings. The fraction of sp³-hybridized carbons (Fsp3) is 0.344. The quantitative estimate of drug-likeness (QED) is 0.195. The van der Waals surface area contributed by atoms with Gasteiger partial charge in [0.25, 0.3) is 5.91 Å². The van der Waals surface area contributed by atoms with E-state index in [1.165, 1.54) is 4.88 Å². The summed E-state index contributed by atoms with van der Waals surface area (Å²) in [7, 11) is 0. The Morgan fingerprint density at radius 1 is 1.13 bits per heavy atom. The number of aliphatic imine (C=N–C) groups is 1. The first-order valence-electron chi connectivity index (χ1n) is 13.5. The van der Waals surface area contributed by atoms with E-state index >= 15 is 0 Å². The lowest BCUT2D eigenvalue weighted by atomic mass is 9.72. The number of anilines is 1. The Bertz CT molecular complexity index is 1530. The number of esters is 1. The summed E-state index contributed by atoms with van der Waals surface area (Å²) in [6.45, 7) is 9.17. The molecule has 1 aliphatic carbocycles. The summed E-state index contributed by atoms with van der Waals surface area (Å²) < 4.78 is 7.06. The highest BCUT2D eigenvalue weighted by Crippen LogP contribution is 2.45. The normalized spacial score (nSPS) is 15.4. The summed E-state index contributed by atoms with van der Waals surface area (Å²) in [5.74, 6) is 0.164. The number of nitrogens with zero attached hydrogens (tertiary/aromatic N) is 2. The maximum absolute atomic E-state index is 13.6. The molecule has 2 aromatic heterocycles. The second-order valence-electron chi connectivity index (χ2n) is 11.1. The van der Waals surface area contributed by atoms with Crippen molar-refractivity contribution >= 4 is 51.0 Å². The lowest BCUT2D eigenvalue weighted by molar-refractivity contribution is -0.143. The third-order valence-electron chi connectivity index (χ3n) is 7.48. The summed E-state index contributed by atoms with van der Waals surface area (Å²) >= 11 is 1.63. The first-order chi connectivity index (χ1) is 18.7. The number of ether oxygens (including phenoxy) is 1. The predicted octanol–water partition coefficient (Wildman–Crippen LogP) is 7.42. The van der Waals surface area contributed by atoms with Gasteiger partial charge in [0.2, 0.25) is 0 Å². The molecule has 4 aromatic rings. The molecular weight excluding hydrogens is 506 g/mol. The number of para-hydroxylation sites is 2. The fourth-order valence-electron chi connectivity index (χ4n) is 5.33. The fourth-order valence-corrected chi connectivity index (χ4v) is 6.60. The molecule has 1 aliphatic rings. The molecule has 0 spiro atoms. The molecule has 0 saturated heterocycles. The molecule has 0 bridgehead atoms. The van der Waals surface area contributed by atoms with Gasteiger partial charge in [0.15, 0.2) is 0 Å². The van der Waals surface area contributed by atoms with Gasteiger partial charge in [-0.2, -0.15) is 0 Å². The second kappa shape index (κ2) is 11.2. The van der Waals surface area contributed by atoms with Gasteiger partial charge < -0.3 is 14.6 Å². The minimum Gasteiger partial charge on any atom is -0.465 e. The van der Waals surface area contributed by atoms with E-state index < -0.39 is 0 Å². The van der Waals surface area contributed by atoms with Crippen molar-refractivity contribution in [2.45, 2.75) is 53.5 Å². The van der Waals surface area contributed by atoms with Crippen LogP contribution in [-0.2, 0) is 28.9 Å². The average Bonchev–Trinajstić information content (AvgIpc) is 3.45. The van der Waals surface area contributed by atoms with E-state index in [4.69, 9.17) is 9.73 Å². The first-order valence-corrected chi connectivity index (χ1v) is 14.3. The molecule has 7 heteroatoms. The average molecular weight is 542 g/mol. The van der Waals surface area contributed by atoms with Crippen molar-refractivity contribution in [3.05, 3.63) is 82.4 Å². The Labute approximate surface area is 233 Å². The molecular formula is C32H35N3O3S. The molecule has 39 heavy (non-hydrogen) atoms. The number of fused-ring (bicyclic) bond motifs is 2. The van der Waals surface area contributed by atoms with Crippen LogP contribution >= 0.6 is 11.3 Å². The van der Waals surface area contributed by atoms with Crippen LogP contribution in [0.1, 0.15) is 60.5 Å². The summed E-state index contributed by atoms with van der Waals surface area (Å²) in [5.41, 5.74) is 4.61. The molecule has 1 atom stereocenters. The van der Waals surface area contributed by atoms with Gasteiger partial charge in [-0.15, -0.1) is 11.3 Å². The number of carbonyl (C=O) groups is 2. The van der Waals surface area contributed by atoms with E-state index in [1.54, 1.807) is 18.3 Å². The Balaban J connectivity index is 1.52. The van der Waals surface area contributed by atoms with Crippen LogP contribution in [-0.4, -0.2) is 29.3 Å². The van der Waals surface area contributed by atoms with Crippen molar-refractivity contribution in [1.82, 2.24) is 4.57 Å². The van der Waals surface area contributed by atoms with Crippen LogP contribution in [0.25, 0.3) is 10.9 Å². The largest absolute Gasteiger partial charge is 0.465 e. The molecule has 0 saturated carbocycles. The number of aromatic nitrogens is 1. The number of amides is 1. The van der Waals surface area contributed by atoms with Crippen molar-refractivity contribution in [1.29, 1.82) is 0 Å². The minimum atomic E-state index is -0.277. The maximum atomic E-state index is 13.6. The summed E-state index contributed by atoms with van der Waals surface area (Å²) in [6.07, 6.45) is 6.65. The molecule has 2 aromatic carbocycles. The van der Waals surface area contributed by atoms with Crippen LogP contribution in [0.5, 0.6) is 0 Å². The number of nitrogens with one attached hydrogen (secondary N) is 1. The molecule has 2 heterocycles. The zero-order valence-electron chi connectivity index (χ0n) is 23.0. The van der Waals surface area contributed by atoms with Crippen molar-refractivity contribution in [2.75, 3.05) is 11.9 Å². The lowest BCUT2D eigenvalue weighted by Crippen LogP contribution is -2.27. The number of hydrogen-bond donors (Lipinski definition) is 1. The standard InChI is InChI=1S/C32H35N3O3S/c1-5-38-28(36)20-35-19-21(24-13-9-10-14-26(24)35)18-33-31-29(30(37)34-23-11-7-6-8-12-23)25-16-15-22(32(2,3)4)17-27(25)39-31/h6-14,18-19,22H,5,15-17,20H2,1-4H3,(H,34,37)/t22-/m1/s1. The molecule has 0 unspecified atom stereocenters. The van der Waals surface area contributed by atoms with Gasteiger partial charge in [0.1, 0.15) is 11.5 Å². The van der Waals surface area contributed by atoms with Crippen LogP contribution in [0.4, 0.5) is 10.7 Å². The molecule has 1 N–H and O–H groups in total.